The predicted molar refractivity (Wildman–Crippen MR) is 184 cm³/mol. The Morgan fingerprint density at radius 3 is 2.09 bits per heavy atom. The Morgan fingerprint density at radius 2 is 1.51 bits per heavy atom. The van der Waals surface area contributed by atoms with Crippen LogP contribution in [0.2, 0.25) is 15.1 Å². The number of rotatable bonds is 9. The van der Waals surface area contributed by atoms with Gasteiger partial charge in [0.25, 0.3) is 0 Å². The van der Waals surface area contributed by atoms with Gasteiger partial charge in [0.1, 0.15) is 26.7 Å². The first-order chi connectivity index (χ1) is 21.7. The number of nitrogens with one attached hydrogen (secondary N) is 2. The maximum absolute atomic E-state index is 13.5. The molecule has 10 nitrogen and oxygen atoms in total. The SMILES string of the molecule is CCN1CCN(c2ccc(Nc3cc(N(C)C(=O)Nc4c(Cl)c(OC)c(Cl)c(OC)c4Cl)nc(-c4ccccc4)n3)cc2)CC1. The molecule has 2 heterocycles. The summed E-state index contributed by atoms with van der Waals surface area (Å²) >= 11 is 19.4. The maximum Gasteiger partial charge on any atom is 0.327 e. The Labute approximate surface area is 277 Å². The quantitative estimate of drug-likeness (QED) is 0.187. The van der Waals surface area contributed by atoms with Crippen LogP contribution in [0.4, 0.5) is 33.5 Å². The van der Waals surface area contributed by atoms with Crippen LogP contribution in [0, 0.1) is 0 Å². The van der Waals surface area contributed by atoms with Crippen LogP contribution < -0.4 is 29.9 Å². The van der Waals surface area contributed by atoms with Gasteiger partial charge in [-0.1, -0.05) is 72.1 Å². The first-order valence-electron chi connectivity index (χ1n) is 14.4. The van der Waals surface area contributed by atoms with Gasteiger partial charge in [-0.3, -0.25) is 4.90 Å². The topological polar surface area (TPSA) is 95.1 Å². The number of aromatic nitrogens is 2. The summed E-state index contributed by atoms with van der Waals surface area (Å²) in [6.45, 7) is 7.38. The van der Waals surface area contributed by atoms with E-state index in [-0.39, 0.29) is 32.3 Å². The van der Waals surface area contributed by atoms with E-state index in [2.05, 4.69) is 44.5 Å². The molecule has 1 aromatic heterocycles. The van der Waals surface area contributed by atoms with Gasteiger partial charge in [0.2, 0.25) is 0 Å². The molecule has 1 aliphatic rings. The number of methoxy groups -OCH3 is 2. The molecule has 1 aliphatic heterocycles. The van der Waals surface area contributed by atoms with E-state index in [1.165, 1.54) is 24.8 Å². The largest absolute Gasteiger partial charge is 0.493 e. The second-order valence-electron chi connectivity index (χ2n) is 10.3. The van der Waals surface area contributed by atoms with Crippen LogP contribution in [0.5, 0.6) is 11.5 Å². The van der Waals surface area contributed by atoms with Crippen molar-refractivity contribution in [2.24, 2.45) is 0 Å². The van der Waals surface area contributed by atoms with Gasteiger partial charge in [-0.25, -0.2) is 14.8 Å². The molecule has 3 aromatic carbocycles. The van der Waals surface area contributed by atoms with E-state index in [9.17, 15) is 4.79 Å². The third kappa shape index (κ3) is 7.15. The molecule has 5 rings (SSSR count). The minimum Gasteiger partial charge on any atom is -0.493 e. The lowest BCUT2D eigenvalue weighted by Gasteiger charge is -2.35. The fraction of sp³-hybridized carbons (Fsp3) is 0.281. The minimum absolute atomic E-state index is 0.0285. The number of nitrogens with zero attached hydrogens (tertiary/aromatic N) is 5. The Morgan fingerprint density at radius 1 is 0.889 bits per heavy atom. The van der Waals surface area contributed by atoms with Gasteiger partial charge in [0, 0.05) is 56.2 Å². The molecule has 0 aliphatic carbocycles. The van der Waals surface area contributed by atoms with Crippen molar-refractivity contribution in [1.29, 1.82) is 0 Å². The van der Waals surface area contributed by atoms with E-state index in [0.717, 1.165) is 44.0 Å². The van der Waals surface area contributed by atoms with Crippen LogP contribution in [0.25, 0.3) is 11.4 Å². The van der Waals surface area contributed by atoms with Crippen LogP contribution in [-0.2, 0) is 0 Å². The number of hydrogen-bond acceptors (Lipinski definition) is 8. The monoisotopic (exact) mass is 669 g/mol. The first kappa shape index (κ1) is 32.4. The Kier molecular flexibility index (Phi) is 10.4. The van der Waals surface area contributed by atoms with Crippen molar-refractivity contribution in [3.8, 4) is 22.9 Å². The molecule has 4 aromatic rings. The summed E-state index contributed by atoms with van der Waals surface area (Å²) in [5.74, 6) is 1.51. The van der Waals surface area contributed by atoms with Gasteiger partial charge in [-0.2, -0.15) is 0 Å². The maximum atomic E-state index is 13.5. The van der Waals surface area contributed by atoms with Crippen molar-refractivity contribution >= 4 is 69.5 Å². The Balaban J connectivity index is 1.42. The number of amides is 2. The number of benzene rings is 3. The fourth-order valence-corrected chi connectivity index (χ4v) is 6.11. The second kappa shape index (κ2) is 14.4. The first-order valence-corrected chi connectivity index (χ1v) is 15.5. The number of hydrogen-bond donors (Lipinski definition) is 2. The highest BCUT2D eigenvalue weighted by Crippen LogP contribution is 2.50. The van der Waals surface area contributed by atoms with Crippen molar-refractivity contribution in [2.75, 3.05) is 74.4 Å². The molecule has 0 unspecified atom stereocenters. The lowest BCUT2D eigenvalue weighted by atomic mass is 10.2. The molecule has 0 spiro atoms. The van der Waals surface area contributed by atoms with Crippen LogP contribution in [0.3, 0.4) is 0 Å². The number of ether oxygens (including phenoxy) is 2. The molecular formula is C32H34Cl3N7O3. The molecule has 2 N–H and O–H groups in total. The van der Waals surface area contributed by atoms with Crippen LogP contribution in [-0.4, -0.2) is 74.9 Å². The zero-order valence-corrected chi connectivity index (χ0v) is 27.7. The molecular weight excluding hydrogens is 637 g/mol. The van der Waals surface area contributed by atoms with Crippen LogP contribution in [0.15, 0.2) is 60.7 Å². The van der Waals surface area contributed by atoms with Gasteiger partial charge < -0.3 is 29.9 Å². The van der Waals surface area contributed by atoms with Crippen molar-refractivity contribution in [3.63, 3.8) is 0 Å². The van der Waals surface area contributed by atoms with Gasteiger partial charge in [-0.15, -0.1) is 0 Å². The molecule has 13 heteroatoms. The summed E-state index contributed by atoms with van der Waals surface area (Å²) in [4.78, 5) is 29.2. The molecule has 2 amide bonds. The van der Waals surface area contributed by atoms with E-state index in [0.29, 0.717) is 17.5 Å². The number of carbonyl (C=O) groups excluding carboxylic acids is 1. The van der Waals surface area contributed by atoms with Crippen LogP contribution in [0.1, 0.15) is 6.92 Å². The van der Waals surface area contributed by atoms with E-state index >= 15 is 0 Å². The summed E-state index contributed by atoms with van der Waals surface area (Å²) in [5, 5.41) is 6.26. The summed E-state index contributed by atoms with van der Waals surface area (Å²) in [6, 6.07) is 18.9. The lowest BCUT2D eigenvalue weighted by molar-refractivity contribution is 0.258. The fourth-order valence-electron chi connectivity index (χ4n) is 4.99. The molecule has 1 saturated heterocycles. The highest BCUT2D eigenvalue weighted by molar-refractivity contribution is 6.45. The Bertz CT molecular complexity index is 1620. The average Bonchev–Trinajstić information content (AvgIpc) is 3.07. The van der Waals surface area contributed by atoms with Gasteiger partial charge in [-0.05, 0) is 30.8 Å². The number of halogens is 3. The lowest BCUT2D eigenvalue weighted by Crippen LogP contribution is -2.46. The van der Waals surface area contributed by atoms with E-state index in [1.807, 2.05) is 42.5 Å². The summed E-state index contributed by atoms with van der Waals surface area (Å²) < 4.78 is 10.7. The van der Waals surface area contributed by atoms with Crippen molar-refractivity contribution < 1.29 is 14.3 Å². The highest BCUT2D eigenvalue weighted by atomic mass is 35.5. The van der Waals surface area contributed by atoms with E-state index in [4.69, 9.17) is 49.3 Å². The third-order valence-corrected chi connectivity index (χ3v) is 8.66. The zero-order valence-electron chi connectivity index (χ0n) is 25.4. The molecule has 0 saturated carbocycles. The predicted octanol–water partition coefficient (Wildman–Crippen LogP) is 7.67. The molecule has 236 valence electrons. The molecule has 0 bridgehead atoms. The number of piperazine rings is 1. The summed E-state index contributed by atoms with van der Waals surface area (Å²) in [6.07, 6.45) is 0. The summed E-state index contributed by atoms with van der Waals surface area (Å²) in [5.41, 5.74) is 2.89. The second-order valence-corrected chi connectivity index (χ2v) is 11.4. The Hall–Kier alpha value is -3.96. The molecule has 0 radical (unpaired) electrons. The smallest absolute Gasteiger partial charge is 0.327 e. The van der Waals surface area contributed by atoms with Crippen molar-refractivity contribution in [3.05, 3.63) is 75.7 Å². The number of carbonyl (C=O) groups is 1. The molecule has 0 atom stereocenters. The summed E-state index contributed by atoms with van der Waals surface area (Å²) in [7, 11) is 4.38. The normalized spacial score (nSPS) is 13.4. The standard InChI is InChI=1S/C32H34Cl3N7O3/c1-5-41-15-17-42(18-16-41)22-13-11-21(12-14-22)36-23-19-24(38-31(37-23)20-9-7-6-8-10-20)40(2)32(43)39-28-25(33)29(44-3)27(35)30(45-4)26(28)34/h6-14,19H,5,15-18H2,1-4H3,(H,39,43)(H,36,37,38). The van der Waals surface area contributed by atoms with Crippen molar-refractivity contribution in [2.45, 2.75) is 6.92 Å². The van der Waals surface area contributed by atoms with E-state index < -0.39 is 6.03 Å². The van der Waals surface area contributed by atoms with Crippen LogP contribution >= 0.6 is 34.8 Å². The van der Waals surface area contributed by atoms with Gasteiger partial charge in [0.05, 0.1) is 19.9 Å². The number of likely N-dealkylation sites (N-methyl/N-ethyl adjacent to an activating group) is 1. The number of anilines is 5. The third-order valence-electron chi connectivity index (χ3n) is 7.59. The van der Waals surface area contributed by atoms with E-state index in [1.54, 1.807) is 13.1 Å². The zero-order chi connectivity index (χ0) is 32.1. The van der Waals surface area contributed by atoms with Gasteiger partial charge in [0.15, 0.2) is 17.3 Å². The average molecular weight is 671 g/mol. The van der Waals surface area contributed by atoms with Gasteiger partial charge >= 0.3 is 6.03 Å². The molecule has 45 heavy (non-hydrogen) atoms. The highest BCUT2D eigenvalue weighted by Gasteiger charge is 2.26. The molecule has 1 fully saturated rings. The van der Waals surface area contributed by atoms with Crippen molar-refractivity contribution in [1.82, 2.24) is 14.9 Å². The number of urea groups is 1. The minimum atomic E-state index is -0.568.